The van der Waals surface area contributed by atoms with Gasteiger partial charge in [0, 0.05) is 16.8 Å². The third-order valence-electron chi connectivity index (χ3n) is 3.11. The summed E-state index contributed by atoms with van der Waals surface area (Å²) in [5.74, 6) is -0.379. The summed E-state index contributed by atoms with van der Waals surface area (Å²) in [6.45, 7) is 1.81. The first-order chi connectivity index (χ1) is 10.8. The number of halogens is 4. The van der Waals surface area contributed by atoms with Crippen molar-refractivity contribution in [3.05, 3.63) is 70.3 Å². The predicted molar refractivity (Wildman–Crippen MR) is 85.3 cm³/mol. The number of hydrogen-bond donors (Lipinski definition) is 1. The molecule has 0 atom stereocenters. The van der Waals surface area contributed by atoms with E-state index in [0.717, 1.165) is 17.7 Å². The summed E-state index contributed by atoms with van der Waals surface area (Å²) in [5.41, 5.74) is 1.21. The van der Waals surface area contributed by atoms with Crippen LogP contribution in [0.4, 0.5) is 18.9 Å². The minimum Gasteiger partial charge on any atom is -0.322 e. The fourth-order valence-corrected chi connectivity index (χ4v) is 2.12. The summed E-state index contributed by atoms with van der Waals surface area (Å²) < 4.78 is 37.4. The van der Waals surface area contributed by atoms with Gasteiger partial charge >= 0.3 is 6.18 Å². The van der Waals surface area contributed by atoms with Crippen molar-refractivity contribution in [3.63, 3.8) is 0 Å². The Morgan fingerprint density at radius 2 is 1.78 bits per heavy atom. The Morgan fingerprint density at radius 3 is 2.35 bits per heavy atom. The maximum absolute atomic E-state index is 12.5. The van der Waals surface area contributed by atoms with Crippen LogP contribution in [0.2, 0.25) is 5.02 Å². The molecule has 0 bridgehead atoms. The number of amides is 1. The molecule has 6 heteroatoms. The minimum absolute atomic E-state index is 0.379. The lowest BCUT2D eigenvalue weighted by Crippen LogP contribution is -2.08. The Morgan fingerprint density at radius 1 is 1.13 bits per heavy atom. The number of nitrogens with one attached hydrogen (secondary N) is 1. The molecule has 0 aliphatic rings. The van der Waals surface area contributed by atoms with Crippen LogP contribution in [0.5, 0.6) is 0 Å². The van der Waals surface area contributed by atoms with Gasteiger partial charge in [0.1, 0.15) is 0 Å². The van der Waals surface area contributed by atoms with E-state index in [9.17, 15) is 18.0 Å². The molecule has 0 radical (unpaired) electrons. The largest absolute Gasteiger partial charge is 0.416 e. The van der Waals surface area contributed by atoms with Gasteiger partial charge < -0.3 is 5.32 Å². The summed E-state index contributed by atoms with van der Waals surface area (Å²) in [7, 11) is 0. The van der Waals surface area contributed by atoms with E-state index in [4.69, 9.17) is 11.6 Å². The van der Waals surface area contributed by atoms with E-state index in [1.807, 2.05) is 0 Å². The third-order valence-corrected chi connectivity index (χ3v) is 3.35. The Balaban J connectivity index is 2.03. The van der Waals surface area contributed by atoms with Crippen molar-refractivity contribution in [2.24, 2.45) is 0 Å². The van der Waals surface area contributed by atoms with Crippen molar-refractivity contribution in [2.75, 3.05) is 5.32 Å². The number of anilines is 1. The molecule has 2 aromatic carbocycles. The van der Waals surface area contributed by atoms with E-state index in [0.29, 0.717) is 16.3 Å². The van der Waals surface area contributed by atoms with E-state index < -0.39 is 11.7 Å². The highest BCUT2D eigenvalue weighted by Crippen LogP contribution is 2.29. The average molecular weight is 340 g/mol. The fourth-order valence-electron chi connectivity index (χ4n) is 1.90. The van der Waals surface area contributed by atoms with Crippen LogP contribution in [0.25, 0.3) is 6.08 Å². The van der Waals surface area contributed by atoms with Crippen LogP contribution in [0.3, 0.4) is 0 Å². The van der Waals surface area contributed by atoms with Gasteiger partial charge in [0.05, 0.1) is 5.56 Å². The summed E-state index contributed by atoms with van der Waals surface area (Å²) in [6, 6.07) is 9.62. The van der Waals surface area contributed by atoms with Gasteiger partial charge in [-0.2, -0.15) is 13.2 Å². The summed E-state index contributed by atoms with van der Waals surface area (Å²) in [6.07, 6.45) is -1.66. The predicted octanol–water partition coefficient (Wildman–Crippen LogP) is 5.32. The summed E-state index contributed by atoms with van der Waals surface area (Å²) >= 11 is 5.83. The molecule has 2 rings (SSSR count). The smallest absolute Gasteiger partial charge is 0.322 e. The molecule has 2 aromatic rings. The Kier molecular flexibility index (Phi) is 5.11. The summed E-state index contributed by atoms with van der Waals surface area (Å²) in [4.78, 5) is 11.8. The SMILES string of the molecule is Cc1cc(Cl)ccc1NC(=O)/C=C/c1ccc(C(F)(F)F)cc1. The molecule has 0 aromatic heterocycles. The number of hydrogen-bond acceptors (Lipinski definition) is 1. The zero-order valence-electron chi connectivity index (χ0n) is 12.1. The highest BCUT2D eigenvalue weighted by molar-refractivity contribution is 6.30. The molecule has 0 spiro atoms. The van der Waals surface area contributed by atoms with Gasteiger partial charge in [0.2, 0.25) is 5.91 Å². The highest BCUT2D eigenvalue weighted by atomic mass is 35.5. The quantitative estimate of drug-likeness (QED) is 0.753. The number of carbonyl (C=O) groups excluding carboxylic acids is 1. The first kappa shape index (κ1) is 17.1. The van der Waals surface area contributed by atoms with E-state index in [1.54, 1.807) is 25.1 Å². The van der Waals surface area contributed by atoms with Gasteiger partial charge in [-0.25, -0.2) is 0 Å². The molecule has 0 unspecified atom stereocenters. The molecule has 120 valence electrons. The topological polar surface area (TPSA) is 29.1 Å². The molecule has 1 amide bonds. The number of alkyl halides is 3. The third kappa shape index (κ3) is 4.86. The standard InChI is InChI=1S/C17H13ClF3NO/c1-11-10-14(18)7-8-15(11)22-16(23)9-4-12-2-5-13(6-3-12)17(19,20)21/h2-10H,1H3,(H,22,23)/b9-4+. The van der Waals surface area contributed by atoms with Crippen molar-refractivity contribution in [3.8, 4) is 0 Å². The van der Waals surface area contributed by atoms with Crippen molar-refractivity contribution in [1.29, 1.82) is 0 Å². The number of rotatable bonds is 3. The van der Waals surface area contributed by atoms with Gasteiger partial charge in [-0.05, 0) is 54.5 Å². The lowest BCUT2D eigenvalue weighted by atomic mass is 10.1. The Hall–Kier alpha value is -2.27. The van der Waals surface area contributed by atoms with Crippen LogP contribution in [0.1, 0.15) is 16.7 Å². The zero-order chi connectivity index (χ0) is 17.0. The number of carbonyl (C=O) groups is 1. The fraction of sp³-hybridized carbons (Fsp3) is 0.118. The molecule has 0 fully saturated rings. The second-order valence-corrected chi connectivity index (χ2v) is 5.34. The highest BCUT2D eigenvalue weighted by Gasteiger charge is 2.29. The molecule has 2 nitrogen and oxygen atoms in total. The van der Waals surface area contributed by atoms with Crippen LogP contribution >= 0.6 is 11.6 Å². The Bertz CT molecular complexity index is 736. The molecule has 0 aliphatic heterocycles. The van der Waals surface area contributed by atoms with Crippen LogP contribution in [-0.4, -0.2) is 5.91 Å². The van der Waals surface area contributed by atoms with E-state index >= 15 is 0 Å². The first-order valence-corrected chi connectivity index (χ1v) is 7.06. The normalized spacial score (nSPS) is 11.7. The van der Waals surface area contributed by atoms with Crippen LogP contribution in [0.15, 0.2) is 48.5 Å². The molecule has 0 heterocycles. The number of aryl methyl sites for hydroxylation is 1. The maximum atomic E-state index is 12.5. The van der Waals surface area contributed by atoms with Crippen LogP contribution in [0, 0.1) is 6.92 Å². The molecular formula is C17H13ClF3NO. The molecular weight excluding hydrogens is 327 g/mol. The Labute approximate surface area is 136 Å². The van der Waals surface area contributed by atoms with Gasteiger partial charge in [0.25, 0.3) is 0 Å². The van der Waals surface area contributed by atoms with Gasteiger partial charge in [-0.15, -0.1) is 0 Å². The second kappa shape index (κ2) is 6.87. The van der Waals surface area contributed by atoms with E-state index in [-0.39, 0.29) is 5.91 Å². The van der Waals surface area contributed by atoms with Gasteiger partial charge in [-0.1, -0.05) is 23.7 Å². The second-order valence-electron chi connectivity index (χ2n) is 4.90. The van der Waals surface area contributed by atoms with Crippen LogP contribution in [-0.2, 0) is 11.0 Å². The first-order valence-electron chi connectivity index (χ1n) is 6.68. The molecule has 1 N–H and O–H groups in total. The van der Waals surface area contributed by atoms with Crippen molar-refractivity contribution >= 4 is 29.3 Å². The number of benzene rings is 2. The zero-order valence-corrected chi connectivity index (χ0v) is 12.9. The minimum atomic E-state index is -4.37. The molecule has 0 aliphatic carbocycles. The van der Waals surface area contributed by atoms with E-state index in [1.165, 1.54) is 24.3 Å². The van der Waals surface area contributed by atoms with Gasteiger partial charge in [0.15, 0.2) is 0 Å². The van der Waals surface area contributed by atoms with Crippen molar-refractivity contribution < 1.29 is 18.0 Å². The van der Waals surface area contributed by atoms with Crippen molar-refractivity contribution in [1.82, 2.24) is 0 Å². The monoisotopic (exact) mass is 339 g/mol. The van der Waals surface area contributed by atoms with Crippen LogP contribution < -0.4 is 5.32 Å². The van der Waals surface area contributed by atoms with Crippen molar-refractivity contribution in [2.45, 2.75) is 13.1 Å². The molecule has 0 saturated carbocycles. The average Bonchev–Trinajstić information content (AvgIpc) is 2.47. The maximum Gasteiger partial charge on any atom is 0.416 e. The summed E-state index contributed by atoms with van der Waals surface area (Å²) in [5, 5.41) is 3.25. The van der Waals surface area contributed by atoms with Gasteiger partial charge in [-0.3, -0.25) is 4.79 Å². The van der Waals surface area contributed by atoms with E-state index in [2.05, 4.69) is 5.32 Å². The lowest BCUT2D eigenvalue weighted by molar-refractivity contribution is -0.137. The molecule has 23 heavy (non-hydrogen) atoms. The lowest BCUT2D eigenvalue weighted by Gasteiger charge is -2.07. The molecule has 0 saturated heterocycles.